The number of hydrogen-bond donors (Lipinski definition) is 2. The van der Waals surface area contributed by atoms with E-state index >= 15 is 0 Å². The summed E-state index contributed by atoms with van der Waals surface area (Å²) < 4.78 is 2.04. The zero-order valence-corrected chi connectivity index (χ0v) is 19.6. The van der Waals surface area contributed by atoms with Crippen molar-refractivity contribution in [2.24, 2.45) is 23.2 Å². The minimum atomic E-state index is -0.0625. The average Bonchev–Trinajstić information content (AvgIpc) is 3.25. The van der Waals surface area contributed by atoms with Crippen molar-refractivity contribution in [3.05, 3.63) is 60.4 Å². The zero-order valence-electron chi connectivity index (χ0n) is 19.6. The molecule has 2 aromatic carbocycles. The highest BCUT2D eigenvalue weighted by atomic mass is 16.1. The lowest BCUT2D eigenvalue weighted by atomic mass is 9.49. The summed E-state index contributed by atoms with van der Waals surface area (Å²) in [4.78, 5) is 12.7. The van der Waals surface area contributed by atoms with Gasteiger partial charge in [0.1, 0.15) is 0 Å². The molecule has 4 aliphatic carbocycles. The van der Waals surface area contributed by atoms with Gasteiger partial charge in [-0.25, -0.2) is 0 Å². The van der Waals surface area contributed by atoms with Crippen molar-refractivity contribution >= 4 is 17.3 Å². The van der Waals surface area contributed by atoms with Crippen LogP contribution in [0.2, 0.25) is 0 Å². The van der Waals surface area contributed by atoms with E-state index in [-0.39, 0.29) is 5.91 Å². The molecule has 1 heterocycles. The predicted molar refractivity (Wildman–Crippen MR) is 134 cm³/mol. The molecule has 4 bridgehead atoms. The van der Waals surface area contributed by atoms with Crippen molar-refractivity contribution in [1.82, 2.24) is 15.0 Å². The summed E-state index contributed by atoms with van der Waals surface area (Å²) >= 11 is 0. The summed E-state index contributed by atoms with van der Waals surface area (Å²) in [6.07, 6.45) is 11.4. The monoisotopic (exact) mass is 455 g/mol. The van der Waals surface area contributed by atoms with Crippen LogP contribution < -0.4 is 11.1 Å². The van der Waals surface area contributed by atoms with E-state index in [0.29, 0.717) is 29.6 Å². The maximum Gasteiger partial charge on any atom is 0.224 e. The van der Waals surface area contributed by atoms with Crippen molar-refractivity contribution in [2.75, 3.05) is 11.1 Å². The first-order valence-electron chi connectivity index (χ1n) is 12.7. The number of carbonyl (C=O) groups excluding carboxylic acids is 1. The van der Waals surface area contributed by atoms with Crippen LogP contribution in [0.5, 0.6) is 0 Å². The number of aryl methyl sites for hydroxylation is 1. The summed E-state index contributed by atoms with van der Waals surface area (Å²) in [6.45, 7) is 0.985. The molecule has 1 amide bonds. The first kappa shape index (κ1) is 21.4. The van der Waals surface area contributed by atoms with Gasteiger partial charge in [-0.05, 0) is 85.0 Å². The molecular weight excluding hydrogens is 422 g/mol. The van der Waals surface area contributed by atoms with Crippen LogP contribution in [0.3, 0.4) is 0 Å². The molecule has 4 aliphatic rings. The molecule has 1 aromatic heterocycles. The van der Waals surface area contributed by atoms with Gasteiger partial charge in [0.25, 0.3) is 0 Å². The number of nitrogens with zero attached hydrogens (tertiary/aromatic N) is 3. The van der Waals surface area contributed by atoms with Crippen LogP contribution in [0, 0.1) is 23.2 Å². The molecule has 6 nitrogen and oxygen atoms in total. The number of nitrogens with two attached hydrogens (primary N) is 1. The maximum atomic E-state index is 12.7. The van der Waals surface area contributed by atoms with Crippen LogP contribution in [0.15, 0.2) is 54.7 Å². The highest BCUT2D eigenvalue weighted by Crippen LogP contribution is 2.60. The molecule has 7 rings (SSSR count). The first-order chi connectivity index (χ1) is 16.5. The fraction of sp³-hybridized carbons (Fsp3) is 0.464. The van der Waals surface area contributed by atoms with Crippen molar-refractivity contribution in [1.29, 1.82) is 0 Å². The zero-order chi connectivity index (χ0) is 23.1. The van der Waals surface area contributed by atoms with Gasteiger partial charge in [0.15, 0.2) is 0 Å². The topological polar surface area (TPSA) is 85.8 Å². The van der Waals surface area contributed by atoms with E-state index in [4.69, 9.17) is 5.73 Å². The fourth-order valence-corrected chi connectivity index (χ4v) is 7.29. The number of benzene rings is 2. The summed E-state index contributed by atoms with van der Waals surface area (Å²) in [5, 5.41) is 11.8. The number of hydrogen-bond acceptors (Lipinski definition) is 4. The normalized spacial score (nSPS) is 27.1. The minimum absolute atomic E-state index is 0.0625. The lowest BCUT2D eigenvalue weighted by Gasteiger charge is -2.56. The van der Waals surface area contributed by atoms with Crippen LogP contribution in [-0.2, 0) is 17.8 Å². The molecule has 0 aliphatic heterocycles. The Kier molecular flexibility index (Phi) is 5.39. The Morgan fingerprint density at radius 3 is 2.41 bits per heavy atom. The summed E-state index contributed by atoms with van der Waals surface area (Å²) in [7, 11) is 0. The number of carbonyl (C=O) groups is 1. The van der Waals surface area contributed by atoms with Gasteiger partial charge < -0.3 is 11.1 Å². The van der Waals surface area contributed by atoms with Crippen molar-refractivity contribution in [2.45, 2.75) is 57.9 Å². The van der Waals surface area contributed by atoms with Gasteiger partial charge in [-0.2, -0.15) is 0 Å². The Morgan fingerprint density at radius 2 is 1.71 bits per heavy atom. The molecular formula is C28H33N5O. The van der Waals surface area contributed by atoms with Crippen LogP contribution in [0.4, 0.5) is 11.4 Å². The second-order valence-electron chi connectivity index (χ2n) is 11.0. The van der Waals surface area contributed by atoms with Gasteiger partial charge in [-0.3, -0.25) is 9.48 Å². The Bertz CT molecular complexity index is 1150. The van der Waals surface area contributed by atoms with Crippen molar-refractivity contribution < 1.29 is 4.79 Å². The third kappa shape index (κ3) is 4.33. The van der Waals surface area contributed by atoms with Gasteiger partial charge in [0, 0.05) is 25.6 Å². The fourth-order valence-electron chi connectivity index (χ4n) is 7.29. The molecule has 4 saturated carbocycles. The third-order valence-electron chi connectivity index (χ3n) is 8.29. The van der Waals surface area contributed by atoms with E-state index in [0.717, 1.165) is 41.1 Å². The van der Waals surface area contributed by atoms with Crippen molar-refractivity contribution in [3.63, 3.8) is 0 Å². The number of nitrogen functional groups attached to an aromatic ring is 1. The highest BCUT2D eigenvalue weighted by molar-refractivity contribution is 5.95. The lowest BCUT2D eigenvalue weighted by molar-refractivity contribution is -0.116. The minimum Gasteiger partial charge on any atom is -0.397 e. The number of aromatic nitrogens is 3. The van der Waals surface area contributed by atoms with E-state index < -0.39 is 0 Å². The Morgan fingerprint density at radius 1 is 1.00 bits per heavy atom. The van der Waals surface area contributed by atoms with Crippen LogP contribution >= 0.6 is 0 Å². The van der Waals surface area contributed by atoms with Gasteiger partial charge in [-0.1, -0.05) is 41.6 Å². The van der Waals surface area contributed by atoms with E-state index in [9.17, 15) is 4.79 Å². The number of rotatable bonds is 7. The standard InChI is InChI=1S/C28H33N5O/c29-25-8-6-23(22-4-2-1-3-5-22)13-26(25)30-27(34)9-7-24-17-33(32-31-24)18-28-14-19-10-20(15-28)12-21(11-19)16-28/h1-6,8,13,17,19-21H,7,9-12,14-16,18,29H2,(H,30,34). The summed E-state index contributed by atoms with van der Waals surface area (Å²) in [5.41, 5.74) is 10.8. The molecule has 6 heteroatoms. The van der Waals surface area contributed by atoms with Gasteiger partial charge in [0.05, 0.1) is 17.1 Å². The molecule has 0 atom stereocenters. The predicted octanol–water partition coefficient (Wildman–Crippen LogP) is 5.32. The Balaban J connectivity index is 1.06. The summed E-state index contributed by atoms with van der Waals surface area (Å²) in [6, 6.07) is 15.8. The van der Waals surface area contributed by atoms with E-state index in [1.54, 1.807) is 0 Å². The van der Waals surface area contributed by atoms with E-state index in [1.807, 2.05) is 53.2 Å². The molecule has 0 spiro atoms. The number of amides is 1. The molecule has 0 unspecified atom stereocenters. The summed E-state index contributed by atoms with van der Waals surface area (Å²) in [5.74, 6) is 2.75. The largest absolute Gasteiger partial charge is 0.397 e. The lowest BCUT2D eigenvalue weighted by Crippen LogP contribution is -2.48. The van der Waals surface area contributed by atoms with Gasteiger partial charge in [0.2, 0.25) is 5.91 Å². The molecule has 3 aromatic rings. The second-order valence-corrected chi connectivity index (χ2v) is 11.0. The number of anilines is 2. The van der Waals surface area contributed by atoms with E-state index in [2.05, 4.69) is 21.8 Å². The average molecular weight is 456 g/mol. The van der Waals surface area contributed by atoms with Crippen LogP contribution in [0.25, 0.3) is 11.1 Å². The van der Waals surface area contributed by atoms with Gasteiger partial charge >= 0.3 is 0 Å². The van der Waals surface area contributed by atoms with Crippen molar-refractivity contribution in [3.8, 4) is 11.1 Å². The quantitative estimate of drug-likeness (QED) is 0.473. The highest BCUT2D eigenvalue weighted by Gasteiger charge is 2.51. The second kappa shape index (κ2) is 8.57. The first-order valence-corrected chi connectivity index (χ1v) is 12.7. The third-order valence-corrected chi connectivity index (χ3v) is 8.29. The van der Waals surface area contributed by atoms with Gasteiger partial charge in [-0.15, -0.1) is 5.10 Å². The number of nitrogens with one attached hydrogen (secondary N) is 1. The molecule has 4 fully saturated rings. The molecule has 0 radical (unpaired) electrons. The van der Waals surface area contributed by atoms with Crippen LogP contribution in [-0.4, -0.2) is 20.9 Å². The maximum absolute atomic E-state index is 12.7. The Hall–Kier alpha value is -3.15. The molecule has 176 valence electrons. The van der Waals surface area contributed by atoms with E-state index in [1.165, 1.54) is 38.5 Å². The Labute approximate surface area is 200 Å². The smallest absolute Gasteiger partial charge is 0.224 e. The molecule has 0 saturated heterocycles. The molecule has 3 N–H and O–H groups in total. The SMILES string of the molecule is Nc1ccc(-c2ccccc2)cc1NC(=O)CCc1cn(CC23CC4CC(CC(C4)C2)C3)nn1. The molecule has 34 heavy (non-hydrogen) atoms. The van der Waals surface area contributed by atoms with Crippen LogP contribution in [0.1, 0.15) is 50.6 Å².